The lowest BCUT2D eigenvalue weighted by molar-refractivity contribution is -0.0718. The average molecular weight is 520 g/mol. The van der Waals surface area contributed by atoms with Crippen molar-refractivity contribution in [2.45, 2.75) is 78.1 Å². The van der Waals surface area contributed by atoms with Crippen LogP contribution in [0.1, 0.15) is 63.5 Å². The number of piperidine rings is 1. The molecule has 1 saturated heterocycles. The Morgan fingerprint density at radius 3 is 2.62 bits per heavy atom. The molecule has 2 amide bonds. The van der Waals surface area contributed by atoms with Crippen molar-refractivity contribution in [2.75, 3.05) is 18.4 Å². The van der Waals surface area contributed by atoms with Gasteiger partial charge in [0, 0.05) is 25.2 Å². The molecular formula is C26H35F2N5O4. The number of aryl methyl sites for hydroxylation is 1. The van der Waals surface area contributed by atoms with Crippen LogP contribution in [-0.2, 0) is 4.74 Å². The molecule has 1 fully saturated rings. The number of carbonyl (C=O) groups excluding carboxylic acids is 2. The van der Waals surface area contributed by atoms with E-state index in [1.54, 1.807) is 58.2 Å². The molecule has 37 heavy (non-hydrogen) atoms. The molecule has 202 valence electrons. The number of anilines is 2. The van der Waals surface area contributed by atoms with E-state index in [4.69, 9.17) is 9.47 Å². The van der Waals surface area contributed by atoms with E-state index in [0.717, 1.165) is 4.90 Å². The van der Waals surface area contributed by atoms with Gasteiger partial charge in [-0.3, -0.25) is 4.79 Å². The highest BCUT2D eigenvalue weighted by Gasteiger charge is 2.43. The number of hydrogen-bond donors (Lipinski definition) is 2. The second kappa shape index (κ2) is 11.3. The van der Waals surface area contributed by atoms with Crippen LogP contribution in [-0.4, -0.2) is 63.6 Å². The van der Waals surface area contributed by atoms with Gasteiger partial charge in [-0.05, 0) is 65.7 Å². The lowest BCUT2D eigenvalue weighted by Gasteiger charge is -2.39. The minimum atomic E-state index is -3.04. The van der Waals surface area contributed by atoms with Crippen LogP contribution in [0.2, 0.25) is 0 Å². The number of ether oxygens (including phenoxy) is 2. The number of alkyl halides is 2. The molecule has 0 unspecified atom stereocenters. The molecule has 1 aliphatic rings. The SMILES string of the molecule is Cc1ccc(Nc2cc(OC(C)C)ccn2)nc1C(=O)N1CC(F)(F)CC[C@@H]1CNC(=O)OC(C)(C)C. The average Bonchev–Trinajstić information content (AvgIpc) is 2.77. The fourth-order valence-corrected chi connectivity index (χ4v) is 3.86. The van der Waals surface area contributed by atoms with Gasteiger partial charge in [-0.15, -0.1) is 0 Å². The normalized spacial score (nSPS) is 17.3. The highest BCUT2D eigenvalue weighted by Crippen LogP contribution is 2.31. The second-order valence-electron chi connectivity index (χ2n) is 10.4. The first-order valence-corrected chi connectivity index (χ1v) is 12.3. The van der Waals surface area contributed by atoms with Crippen LogP contribution in [0.3, 0.4) is 0 Å². The Hall–Kier alpha value is -3.50. The lowest BCUT2D eigenvalue weighted by Crippen LogP contribution is -2.55. The van der Waals surface area contributed by atoms with Crippen molar-refractivity contribution in [1.82, 2.24) is 20.2 Å². The third kappa shape index (κ3) is 8.26. The topological polar surface area (TPSA) is 106 Å². The molecule has 3 rings (SSSR count). The Kier molecular flexibility index (Phi) is 8.55. The minimum absolute atomic E-state index is 0.0136. The Balaban J connectivity index is 1.79. The Morgan fingerprint density at radius 2 is 1.95 bits per heavy atom. The summed E-state index contributed by atoms with van der Waals surface area (Å²) >= 11 is 0. The number of pyridine rings is 2. The largest absolute Gasteiger partial charge is 0.491 e. The maximum Gasteiger partial charge on any atom is 0.407 e. The van der Waals surface area contributed by atoms with Gasteiger partial charge in [0.05, 0.1) is 18.7 Å². The van der Waals surface area contributed by atoms with Gasteiger partial charge in [-0.2, -0.15) is 0 Å². The van der Waals surface area contributed by atoms with Gasteiger partial charge in [0.25, 0.3) is 11.8 Å². The highest BCUT2D eigenvalue weighted by molar-refractivity contribution is 5.94. The first-order valence-electron chi connectivity index (χ1n) is 12.3. The molecule has 1 atom stereocenters. The van der Waals surface area contributed by atoms with Crippen LogP contribution < -0.4 is 15.4 Å². The summed E-state index contributed by atoms with van der Waals surface area (Å²) < 4.78 is 39.6. The van der Waals surface area contributed by atoms with Crippen molar-refractivity contribution in [3.8, 4) is 5.75 Å². The zero-order chi connectivity index (χ0) is 27.4. The van der Waals surface area contributed by atoms with Gasteiger partial charge < -0.3 is 25.0 Å². The molecular weight excluding hydrogens is 484 g/mol. The number of aromatic nitrogens is 2. The summed E-state index contributed by atoms with van der Waals surface area (Å²) in [4.78, 5) is 35.4. The number of hydrogen-bond acceptors (Lipinski definition) is 7. The lowest BCUT2D eigenvalue weighted by atomic mass is 9.98. The van der Waals surface area contributed by atoms with Crippen molar-refractivity contribution >= 4 is 23.6 Å². The van der Waals surface area contributed by atoms with E-state index < -0.39 is 36.1 Å². The molecule has 3 heterocycles. The van der Waals surface area contributed by atoms with Crippen LogP contribution >= 0.6 is 0 Å². The minimum Gasteiger partial charge on any atom is -0.491 e. The van der Waals surface area contributed by atoms with Crippen LogP contribution in [0.4, 0.5) is 25.2 Å². The molecule has 1 aliphatic heterocycles. The number of rotatable bonds is 7. The van der Waals surface area contributed by atoms with E-state index in [0.29, 0.717) is 22.9 Å². The van der Waals surface area contributed by atoms with Gasteiger partial charge in [0.1, 0.15) is 28.7 Å². The van der Waals surface area contributed by atoms with E-state index in [-0.39, 0.29) is 31.2 Å². The summed E-state index contributed by atoms with van der Waals surface area (Å²) in [6.07, 6.45) is 0.536. The van der Waals surface area contributed by atoms with E-state index in [1.807, 2.05) is 13.8 Å². The van der Waals surface area contributed by atoms with Gasteiger partial charge in [0.2, 0.25) is 0 Å². The molecule has 2 N–H and O–H groups in total. The Morgan fingerprint density at radius 1 is 1.22 bits per heavy atom. The van der Waals surface area contributed by atoms with E-state index in [9.17, 15) is 18.4 Å². The zero-order valence-electron chi connectivity index (χ0n) is 22.1. The van der Waals surface area contributed by atoms with Crippen molar-refractivity contribution in [2.24, 2.45) is 0 Å². The van der Waals surface area contributed by atoms with Crippen molar-refractivity contribution in [1.29, 1.82) is 0 Å². The molecule has 0 aliphatic carbocycles. The van der Waals surface area contributed by atoms with E-state index in [1.165, 1.54) is 0 Å². The van der Waals surface area contributed by atoms with E-state index >= 15 is 0 Å². The number of likely N-dealkylation sites (tertiary alicyclic amines) is 1. The molecule has 11 heteroatoms. The first-order chi connectivity index (χ1) is 17.2. The molecule has 2 aromatic heterocycles. The van der Waals surface area contributed by atoms with Gasteiger partial charge in [-0.1, -0.05) is 6.07 Å². The third-order valence-corrected chi connectivity index (χ3v) is 5.49. The van der Waals surface area contributed by atoms with Gasteiger partial charge in [0.15, 0.2) is 0 Å². The maximum atomic E-state index is 14.4. The molecule has 0 radical (unpaired) electrons. The number of alkyl carbamates (subject to hydrolysis) is 1. The summed E-state index contributed by atoms with van der Waals surface area (Å²) in [5.41, 5.74) is -0.129. The Bertz CT molecular complexity index is 1120. The predicted octanol–water partition coefficient (Wildman–Crippen LogP) is 5.08. The number of halogens is 2. The summed E-state index contributed by atoms with van der Waals surface area (Å²) in [5.74, 6) is -2.27. The fourth-order valence-electron chi connectivity index (χ4n) is 3.86. The molecule has 0 saturated carbocycles. The van der Waals surface area contributed by atoms with Gasteiger partial charge in [-0.25, -0.2) is 23.5 Å². The predicted molar refractivity (Wildman–Crippen MR) is 135 cm³/mol. The molecule has 2 aromatic rings. The summed E-state index contributed by atoms with van der Waals surface area (Å²) in [7, 11) is 0. The zero-order valence-corrected chi connectivity index (χ0v) is 22.1. The van der Waals surface area contributed by atoms with Crippen molar-refractivity contribution in [3.63, 3.8) is 0 Å². The summed E-state index contributed by atoms with van der Waals surface area (Å²) in [6.45, 7) is 9.91. The van der Waals surface area contributed by atoms with Crippen molar-refractivity contribution < 1.29 is 27.8 Å². The molecule has 0 aromatic carbocycles. The molecule has 0 bridgehead atoms. The Labute approximate surface area is 216 Å². The number of amides is 2. The van der Waals surface area contributed by atoms with Crippen LogP contribution in [0.25, 0.3) is 0 Å². The van der Waals surface area contributed by atoms with Gasteiger partial charge >= 0.3 is 6.09 Å². The second-order valence-corrected chi connectivity index (χ2v) is 10.4. The summed E-state index contributed by atoms with van der Waals surface area (Å²) in [5, 5.41) is 5.63. The quantitative estimate of drug-likeness (QED) is 0.525. The third-order valence-electron chi connectivity index (χ3n) is 5.49. The summed E-state index contributed by atoms with van der Waals surface area (Å²) in [6, 6.07) is 6.16. The van der Waals surface area contributed by atoms with E-state index in [2.05, 4.69) is 20.6 Å². The highest BCUT2D eigenvalue weighted by atomic mass is 19.3. The standard InChI is InChI=1S/C26H35F2N5O4/c1-16(2)36-19-10-12-29-21(13-19)31-20-8-7-17(3)22(32-20)23(34)33-15-26(27,28)11-9-18(33)14-30-24(35)37-25(4,5)6/h7-8,10,12-13,16,18H,9,11,14-15H2,1-6H3,(H,30,35)(H,29,31,32)/t18-/m1/s1. The van der Waals surface area contributed by atoms with Crippen LogP contribution in [0, 0.1) is 6.92 Å². The number of nitrogens with one attached hydrogen (secondary N) is 2. The monoisotopic (exact) mass is 519 g/mol. The molecule has 0 spiro atoms. The number of carbonyl (C=O) groups is 2. The van der Waals surface area contributed by atoms with Crippen LogP contribution in [0.15, 0.2) is 30.5 Å². The number of nitrogens with zero attached hydrogens (tertiary/aromatic N) is 3. The first kappa shape index (κ1) is 28.1. The molecule has 9 nitrogen and oxygen atoms in total. The maximum absolute atomic E-state index is 14.4. The van der Waals surface area contributed by atoms with Crippen LogP contribution in [0.5, 0.6) is 5.75 Å². The van der Waals surface area contributed by atoms with Crippen molar-refractivity contribution in [3.05, 3.63) is 41.7 Å². The smallest absolute Gasteiger partial charge is 0.407 e. The fraction of sp³-hybridized carbons (Fsp3) is 0.538.